The Kier molecular flexibility index (Phi) is 2.99. The van der Waals surface area contributed by atoms with Gasteiger partial charge in [-0.2, -0.15) is 0 Å². The molecule has 0 spiro atoms. The number of fused-ring (bicyclic) bond motifs is 1. The number of hydrogen-bond donors (Lipinski definition) is 2. The van der Waals surface area contributed by atoms with Crippen LogP contribution in [0.15, 0.2) is 30.7 Å². The summed E-state index contributed by atoms with van der Waals surface area (Å²) in [7, 11) is 0. The van der Waals surface area contributed by atoms with Crippen molar-refractivity contribution < 1.29 is 14.5 Å². The summed E-state index contributed by atoms with van der Waals surface area (Å²) >= 11 is 0. The summed E-state index contributed by atoms with van der Waals surface area (Å²) in [6, 6.07) is 5.62. The van der Waals surface area contributed by atoms with Gasteiger partial charge in [-0.3, -0.25) is 0 Å². The second-order valence-electron chi connectivity index (χ2n) is 5.22. The maximum atomic E-state index is 12.2. The Hall–Kier alpha value is -2.15. The molecule has 4 rings (SSSR count). The van der Waals surface area contributed by atoms with Crippen molar-refractivity contribution >= 4 is 17.3 Å². The van der Waals surface area contributed by atoms with Crippen LogP contribution in [0, 0.1) is 5.21 Å². The lowest BCUT2D eigenvalue weighted by atomic mass is 10.1. The van der Waals surface area contributed by atoms with Crippen LogP contribution >= 0.6 is 0 Å². The highest BCUT2D eigenvalue weighted by atomic mass is 16.6. The third-order valence-electron chi connectivity index (χ3n) is 3.67. The molecule has 6 heteroatoms. The number of hydrogen-bond acceptors (Lipinski definition) is 4. The standard InChI is InChI=1S/C15H15N3O3/c19-18-6-10(4-11-5-16-9-17-11)15-13(18)2-1-3-14(15)21-8-12-7-20-12/h1-5,9,12,18H,6-8H2,(H,16,17). The minimum Gasteiger partial charge on any atom is -0.629 e. The molecule has 0 aliphatic carbocycles. The van der Waals surface area contributed by atoms with E-state index in [2.05, 4.69) is 9.97 Å². The van der Waals surface area contributed by atoms with Gasteiger partial charge in [0.2, 0.25) is 0 Å². The van der Waals surface area contributed by atoms with Crippen LogP contribution in [0.4, 0.5) is 5.69 Å². The van der Waals surface area contributed by atoms with Gasteiger partial charge in [0.05, 0.1) is 30.4 Å². The second-order valence-corrected chi connectivity index (χ2v) is 5.22. The van der Waals surface area contributed by atoms with Crippen molar-refractivity contribution in [3.8, 4) is 5.75 Å². The number of H-pyrrole nitrogens is 1. The van der Waals surface area contributed by atoms with Gasteiger partial charge >= 0.3 is 0 Å². The normalized spacial score (nSPS) is 25.1. The third-order valence-corrected chi connectivity index (χ3v) is 3.67. The Morgan fingerprint density at radius 1 is 1.52 bits per heavy atom. The van der Waals surface area contributed by atoms with Crippen molar-refractivity contribution in [3.05, 3.63) is 47.2 Å². The molecule has 0 radical (unpaired) electrons. The average Bonchev–Trinajstić information content (AvgIpc) is 3.08. The largest absolute Gasteiger partial charge is 0.629 e. The zero-order valence-corrected chi connectivity index (χ0v) is 11.3. The van der Waals surface area contributed by atoms with Gasteiger partial charge in [-0.1, -0.05) is 6.07 Å². The van der Waals surface area contributed by atoms with Crippen LogP contribution < -0.4 is 9.80 Å². The third kappa shape index (κ3) is 2.44. The fourth-order valence-electron chi connectivity index (χ4n) is 2.58. The predicted molar refractivity (Wildman–Crippen MR) is 77.0 cm³/mol. The number of aromatic nitrogens is 2. The van der Waals surface area contributed by atoms with Gasteiger partial charge in [-0.15, -0.1) is 0 Å². The van der Waals surface area contributed by atoms with Crippen molar-refractivity contribution in [2.24, 2.45) is 0 Å². The number of hydroxylamine groups is 1. The van der Waals surface area contributed by atoms with Crippen molar-refractivity contribution in [3.63, 3.8) is 0 Å². The van der Waals surface area contributed by atoms with E-state index >= 15 is 0 Å². The second kappa shape index (κ2) is 5.00. The maximum absolute atomic E-state index is 12.2. The minimum absolute atomic E-state index is 0.129. The molecule has 2 aliphatic heterocycles. The average molecular weight is 285 g/mol. The number of ether oxygens (including phenoxy) is 2. The highest BCUT2D eigenvalue weighted by Crippen LogP contribution is 2.35. The molecule has 21 heavy (non-hydrogen) atoms. The lowest BCUT2D eigenvalue weighted by Gasteiger charge is -2.15. The number of rotatable bonds is 4. The summed E-state index contributed by atoms with van der Waals surface area (Å²) in [5, 5.41) is 12.3. The zero-order chi connectivity index (χ0) is 14.2. The molecule has 6 nitrogen and oxygen atoms in total. The molecular weight excluding hydrogens is 270 g/mol. The quantitative estimate of drug-likeness (QED) is 0.642. The summed E-state index contributed by atoms with van der Waals surface area (Å²) in [6.07, 6.45) is 5.50. The van der Waals surface area contributed by atoms with Crippen LogP contribution in [-0.4, -0.2) is 35.8 Å². The van der Waals surface area contributed by atoms with E-state index in [9.17, 15) is 5.21 Å². The molecule has 1 aromatic carbocycles. The van der Waals surface area contributed by atoms with Gasteiger partial charge in [-0.25, -0.2) is 4.98 Å². The van der Waals surface area contributed by atoms with Gasteiger partial charge in [0.15, 0.2) is 0 Å². The van der Waals surface area contributed by atoms with Crippen molar-refractivity contribution in [2.75, 3.05) is 19.8 Å². The molecule has 1 aromatic heterocycles. The van der Waals surface area contributed by atoms with E-state index in [1.54, 1.807) is 12.5 Å². The monoisotopic (exact) mass is 285 g/mol. The molecule has 0 saturated carbocycles. The van der Waals surface area contributed by atoms with Crippen LogP contribution in [-0.2, 0) is 4.74 Å². The Morgan fingerprint density at radius 2 is 2.43 bits per heavy atom. The molecule has 1 fully saturated rings. The van der Waals surface area contributed by atoms with Crippen LogP contribution in [0.3, 0.4) is 0 Å². The fourth-order valence-corrected chi connectivity index (χ4v) is 2.58. The lowest BCUT2D eigenvalue weighted by Crippen LogP contribution is -3.00. The topological polar surface area (TPSA) is 77.9 Å². The summed E-state index contributed by atoms with van der Waals surface area (Å²) < 4.78 is 11.0. The van der Waals surface area contributed by atoms with Gasteiger partial charge in [0.25, 0.3) is 0 Å². The molecule has 0 amide bonds. The number of benzene rings is 1. The number of nitrogens with zero attached hydrogens (tertiary/aromatic N) is 1. The van der Waals surface area contributed by atoms with Crippen LogP contribution in [0.2, 0.25) is 0 Å². The Morgan fingerprint density at radius 3 is 3.19 bits per heavy atom. The van der Waals surface area contributed by atoms with Crippen molar-refractivity contribution in [2.45, 2.75) is 6.10 Å². The summed E-state index contributed by atoms with van der Waals surface area (Å²) in [5.41, 5.74) is 3.48. The molecule has 0 bridgehead atoms. The number of epoxide rings is 1. The first kappa shape index (κ1) is 12.6. The van der Waals surface area contributed by atoms with Gasteiger partial charge in [0, 0.05) is 11.6 Å². The molecule has 108 valence electrons. The molecule has 1 saturated heterocycles. The zero-order valence-electron chi connectivity index (χ0n) is 11.3. The van der Waals surface area contributed by atoms with E-state index < -0.39 is 0 Å². The lowest BCUT2D eigenvalue weighted by molar-refractivity contribution is -0.762. The molecule has 2 N–H and O–H groups in total. The SMILES string of the molecule is [O-][NH+]1CC(=Cc2cnc[nH]2)c2c(OCC3CO3)cccc21. The number of quaternary nitrogens is 1. The Balaban J connectivity index is 1.71. The van der Waals surface area contributed by atoms with Gasteiger partial charge in [-0.05, 0) is 12.1 Å². The smallest absolute Gasteiger partial charge is 0.143 e. The molecular formula is C15H15N3O3. The molecule has 2 atom stereocenters. The number of aromatic amines is 1. The van der Waals surface area contributed by atoms with Crippen LogP contribution in [0.5, 0.6) is 5.75 Å². The number of nitrogens with one attached hydrogen (secondary N) is 2. The first-order valence-electron chi connectivity index (χ1n) is 6.91. The summed E-state index contributed by atoms with van der Waals surface area (Å²) in [6.45, 7) is 1.68. The Bertz CT molecular complexity index is 677. The predicted octanol–water partition coefficient (Wildman–Crippen LogP) is 0.756. The summed E-state index contributed by atoms with van der Waals surface area (Å²) in [4.78, 5) is 7.03. The van der Waals surface area contributed by atoms with Crippen LogP contribution in [0.1, 0.15) is 11.3 Å². The molecule has 2 unspecified atom stereocenters. The summed E-state index contributed by atoms with van der Waals surface area (Å²) in [5.74, 6) is 0.750. The van der Waals surface area contributed by atoms with Gasteiger partial charge < -0.3 is 24.7 Å². The van der Waals surface area contributed by atoms with E-state index in [1.807, 2.05) is 24.3 Å². The van der Waals surface area contributed by atoms with E-state index in [0.29, 0.717) is 13.2 Å². The molecule has 2 aliphatic rings. The highest BCUT2D eigenvalue weighted by molar-refractivity contribution is 5.89. The Labute approximate surface area is 121 Å². The number of imidazole rings is 1. The van der Waals surface area contributed by atoms with E-state index in [4.69, 9.17) is 9.47 Å². The first-order chi connectivity index (χ1) is 10.3. The van der Waals surface area contributed by atoms with E-state index in [1.165, 1.54) is 0 Å². The minimum atomic E-state index is 0.129. The van der Waals surface area contributed by atoms with E-state index in [-0.39, 0.29) is 11.2 Å². The highest BCUT2D eigenvalue weighted by Gasteiger charge is 2.29. The first-order valence-corrected chi connectivity index (χ1v) is 6.91. The maximum Gasteiger partial charge on any atom is 0.143 e. The fraction of sp³-hybridized carbons (Fsp3) is 0.267. The van der Waals surface area contributed by atoms with Crippen LogP contribution in [0.25, 0.3) is 11.6 Å². The molecule has 3 heterocycles. The molecule has 2 aromatic rings. The van der Waals surface area contributed by atoms with Crippen molar-refractivity contribution in [1.29, 1.82) is 0 Å². The van der Waals surface area contributed by atoms with E-state index in [0.717, 1.165) is 34.9 Å². The van der Waals surface area contributed by atoms with Gasteiger partial charge in [0.1, 0.15) is 30.7 Å². The van der Waals surface area contributed by atoms with Crippen molar-refractivity contribution in [1.82, 2.24) is 9.97 Å².